The molecule has 0 aromatic carbocycles. The Kier molecular flexibility index (Phi) is 5.70. The van der Waals surface area contributed by atoms with Gasteiger partial charge in [-0.1, -0.05) is 40.5 Å². The van der Waals surface area contributed by atoms with Crippen LogP contribution >= 0.6 is 0 Å². The summed E-state index contributed by atoms with van der Waals surface area (Å²) in [4.78, 5) is 0. The Balaban J connectivity index is 1.70. The van der Waals surface area contributed by atoms with Crippen molar-refractivity contribution in [1.82, 2.24) is 10.6 Å². The van der Waals surface area contributed by atoms with Gasteiger partial charge in [-0.2, -0.15) is 0 Å². The maximum Gasteiger partial charge on any atom is 0.0458 e. The third-order valence-corrected chi connectivity index (χ3v) is 5.64. The normalized spacial score (nSPS) is 44.2. The van der Waals surface area contributed by atoms with Gasteiger partial charge < -0.3 is 10.6 Å². The van der Waals surface area contributed by atoms with Crippen molar-refractivity contribution >= 4 is 0 Å². The van der Waals surface area contributed by atoms with E-state index in [1.54, 1.807) is 0 Å². The molecular formula is C17H34N2. The van der Waals surface area contributed by atoms with E-state index in [1.165, 1.54) is 38.5 Å². The fourth-order valence-corrected chi connectivity index (χ4v) is 3.95. The summed E-state index contributed by atoms with van der Waals surface area (Å²) in [5.74, 6) is 3.51. The molecule has 2 aliphatic carbocycles. The average molecular weight is 266 g/mol. The van der Waals surface area contributed by atoms with Crippen LogP contribution in [0.5, 0.6) is 0 Å². The van der Waals surface area contributed by atoms with Crippen LogP contribution in [0.3, 0.4) is 0 Å². The monoisotopic (exact) mass is 266 g/mol. The molecule has 2 heteroatoms. The van der Waals surface area contributed by atoms with Crippen LogP contribution in [0.25, 0.3) is 0 Å². The molecule has 0 saturated heterocycles. The van der Waals surface area contributed by atoms with E-state index in [1.807, 2.05) is 0 Å². The van der Waals surface area contributed by atoms with Gasteiger partial charge in [0.05, 0.1) is 0 Å². The number of hydrogen-bond acceptors (Lipinski definition) is 2. The highest BCUT2D eigenvalue weighted by Gasteiger charge is 2.27. The van der Waals surface area contributed by atoms with E-state index in [-0.39, 0.29) is 0 Å². The van der Waals surface area contributed by atoms with Crippen molar-refractivity contribution in [2.75, 3.05) is 6.67 Å². The minimum Gasteiger partial charge on any atom is -0.301 e. The second-order valence-electron chi connectivity index (χ2n) is 7.59. The zero-order valence-corrected chi connectivity index (χ0v) is 13.4. The average Bonchev–Trinajstić information content (AvgIpc) is 2.38. The molecule has 112 valence electrons. The topological polar surface area (TPSA) is 24.1 Å². The summed E-state index contributed by atoms with van der Waals surface area (Å²) < 4.78 is 0. The van der Waals surface area contributed by atoms with E-state index >= 15 is 0 Å². The summed E-state index contributed by atoms with van der Waals surface area (Å²) in [6, 6.07) is 1.46. The van der Waals surface area contributed by atoms with Gasteiger partial charge in [0.25, 0.3) is 0 Å². The molecule has 0 aromatic rings. The van der Waals surface area contributed by atoms with Crippen molar-refractivity contribution in [3.05, 3.63) is 0 Å². The molecule has 2 N–H and O–H groups in total. The van der Waals surface area contributed by atoms with Gasteiger partial charge in [0.15, 0.2) is 0 Å². The van der Waals surface area contributed by atoms with Crippen LogP contribution in [0, 0.1) is 23.7 Å². The fourth-order valence-electron chi connectivity index (χ4n) is 3.95. The minimum atomic E-state index is 0.729. The largest absolute Gasteiger partial charge is 0.301 e. The van der Waals surface area contributed by atoms with Gasteiger partial charge in [0.1, 0.15) is 0 Å². The molecule has 0 heterocycles. The maximum atomic E-state index is 3.77. The second-order valence-corrected chi connectivity index (χ2v) is 7.59. The lowest BCUT2D eigenvalue weighted by molar-refractivity contribution is 0.197. The molecule has 19 heavy (non-hydrogen) atoms. The van der Waals surface area contributed by atoms with Crippen LogP contribution in [0.2, 0.25) is 0 Å². The van der Waals surface area contributed by atoms with Crippen LogP contribution in [-0.4, -0.2) is 18.8 Å². The first-order valence-corrected chi connectivity index (χ1v) is 8.53. The van der Waals surface area contributed by atoms with Gasteiger partial charge in [-0.05, 0) is 49.4 Å². The summed E-state index contributed by atoms with van der Waals surface area (Å²) in [6.07, 6.45) is 8.36. The molecule has 0 aliphatic heterocycles. The predicted molar refractivity (Wildman–Crippen MR) is 83.1 cm³/mol. The van der Waals surface area contributed by atoms with Crippen LogP contribution in [0.15, 0.2) is 0 Å². The summed E-state index contributed by atoms with van der Waals surface area (Å²) in [5, 5.41) is 7.55. The highest BCUT2D eigenvalue weighted by Crippen LogP contribution is 2.29. The zero-order chi connectivity index (χ0) is 13.8. The first-order chi connectivity index (χ1) is 9.06. The lowest BCUT2D eigenvalue weighted by atomic mass is 9.79. The molecule has 0 radical (unpaired) electrons. The van der Waals surface area contributed by atoms with Gasteiger partial charge in [0.2, 0.25) is 0 Å². The fraction of sp³-hybridized carbons (Fsp3) is 1.00. The summed E-state index contributed by atoms with van der Waals surface area (Å²) in [5.41, 5.74) is 0. The maximum absolute atomic E-state index is 3.77. The van der Waals surface area contributed by atoms with E-state index < -0.39 is 0 Å². The van der Waals surface area contributed by atoms with Crippen molar-refractivity contribution < 1.29 is 0 Å². The van der Waals surface area contributed by atoms with Crippen LogP contribution < -0.4 is 10.6 Å². The Labute approximate surface area is 120 Å². The minimum absolute atomic E-state index is 0.729. The molecule has 2 nitrogen and oxygen atoms in total. The number of hydrogen-bond donors (Lipinski definition) is 2. The highest BCUT2D eigenvalue weighted by atomic mass is 15.1. The highest BCUT2D eigenvalue weighted by molar-refractivity contribution is 4.84. The van der Waals surface area contributed by atoms with Gasteiger partial charge in [0, 0.05) is 18.8 Å². The lowest BCUT2D eigenvalue weighted by Crippen LogP contribution is -2.48. The van der Waals surface area contributed by atoms with Crippen LogP contribution in [0.1, 0.15) is 66.2 Å². The van der Waals surface area contributed by atoms with Crippen molar-refractivity contribution in [3.8, 4) is 0 Å². The molecule has 2 rings (SSSR count). The summed E-state index contributed by atoms with van der Waals surface area (Å²) in [6.45, 7) is 10.6. The molecule has 6 atom stereocenters. The molecule has 6 unspecified atom stereocenters. The molecule has 0 aromatic heterocycles. The molecule has 2 saturated carbocycles. The molecule has 2 aliphatic rings. The number of rotatable bonds is 4. The third kappa shape index (κ3) is 4.46. The smallest absolute Gasteiger partial charge is 0.0458 e. The van der Waals surface area contributed by atoms with E-state index in [0.717, 1.165) is 42.4 Å². The lowest BCUT2D eigenvalue weighted by Gasteiger charge is -2.36. The Hall–Kier alpha value is -0.0800. The second kappa shape index (κ2) is 7.08. The summed E-state index contributed by atoms with van der Waals surface area (Å²) in [7, 11) is 0. The molecule has 0 bridgehead atoms. The van der Waals surface area contributed by atoms with E-state index in [0.29, 0.717) is 0 Å². The Bertz CT molecular complexity index is 240. The Morgan fingerprint density at radius 3 is 1.53 bits per heavy atom. The Morgan fingerprint density at radius 1 is 0.684 bits per heavy atom. The van der Waals surface area contributed by atoms with E-state index in [2.05, 4.69) is 38.3 Å². The zero-order valence-electron chi connectivity index (χ0n) is 13.4. The van der Waals surface area contributed by atoms with Crippen molar-refractivity contribution in [3.63, 3.8) is 0 Å². The number of nitrogens with one attached hydrogen (secondary N) is 2. The quantitative estimate of drug-likeness (QED) is 0.757. The first-order valence-electron chi connectivity index (χ1n) is 8.53. The molecule has 0 amide bonds. The van der Waals surface area contributed by atoms with Crippen LogP contribution in [-0.2, 0) is 0 Å². The van der Waals surface area contributed by atoms with E-state index in [4.69, 9.17) is 0 Å². The van der Waals surface area contributed by atoms with Crippen molar-refractivity contribution in [2.24, 2.45) is 23.7 Å². The molecule has 2 fully saturated rings. The van der Waals surface area contributed by atoms with Gasteiger partial charge in [-0.15, -0.1) is 0 Å². The van der Waals surface area contributed by atoms with Gasteiger partial charge >= 0.3 is 0 Å². The Morgan fingerprint density at radius 2 is 1.11 bits per heavy atom. The van der Waals surface area contributed by atoms with Crippen LogP contribution in [0.4, 0.5) is 0 Å². The molecule has 0 spiro atoms. The predicted octanol–water partition coefficient (Wildman–Crippen LogP) is 3.77. The molecular weight excluding hydrogens is 232 g/mol. The first kappa shape index (κ1) is 15.3. The van der Waals surface area contributed by atoms with Crippen molar-refractivity contribution in [1.29, 1.82) is 0 Å². The van der Waals surface area contributed by atoms with Gasteiger partial charge in [-0.3, -0.25) is 0 Å². The third-order valence-electron chi connectivity index (χ3n) is 5.64. The van der Waals surface area contributed by atoms with Gasteiger partial charge in [-0.25, -0.2) is 0 Å². The SMILES string of the molecule is CC1CCC(C)C(NCNC2CC(C)CCC2C)C1. The summed E-state index contributed by atoms with van der Waals surface area (Å²) >= 11 is 0. The van der Waals surface area contributed by atoms with Crippen molar-refractivity contribution in [2.45, 2.75) is 78.3 Å². The standard InChI is InChI=1S/C17H34N2/c1-12-5-7-14(3)16(9-12)18-11-19-17-10-13(2)6-8-15(17)4/h12-19H,5-11H2,1-4H3. The van der Waals surface area contributed by atoms with E-state index in [9.17, 15) is 0 Å².